The van der Waals surface area contributed by atoms with E-state index in [1.54, 1.807) is 30.3 Å². The number of carboxylic acid groups (broad SMARTS) is 1. The summed E-state index contributed by atoms with van der Waals surface area (Å²) in [6.45, 7) is -0.480. The van der Waals surface area contributed by atoms with Crippen LogP contribution in [0, 0.1) is 0 Å². The number of carboxylic acids is 1. The van der Waals surface area contributed by atoms with Crippen molar-refractivity contribution in [2.45, 2.75) is 6.61 Å². The van der Waals surface area contributed by atoms with E-state index in [4.69, 9.17) is 14.6 Å². The highest BCUT2D eigenvalue weighted by molar-refractivity contribution is 6.15. The van der Waals surface area contributed by atoms with Crippen LogP contribution in [0.15, 0.2) is 48.2 Å². The monoisotopic (exact) mass is 440 g/mol. The summed E-state index contributed by atoms with van der Waals surface area (Å²) in [4.78, 5) is 48.0. The molecule has 3 amide bonds. The van der Waals surface area contributed by atoms with E-state index in [9.17, 15) is 19.2 Å². The van der Waals surface area contributed by atoms with Crippen LogP contribution in [0.4, 0.5) is 4.79 Å². The van der Waals surface area contributed by atoms with Crippen molar-refractivity contribution in [3.63, 3.8) is 0 Å². The number of benzene rings is 2. The first-order valence-electron chi connectivity index (χ1n) is 9.37. The van der Waals surface area contributed by atoms with Crippen molar-refractivity contribution >= 4 is 30.0 Å². The summed E-state index contributed by atoms with van der Waals surface area (Å²) in [6.07, 6.45) is 1.41. The van der Waals surface area contributed by atoms with Gasteiger partial charge in [-0.3, -0.25) is 9.59 Å². The summed E-state index contributed by atoms with van der Waals surface area (Å²) in [7, 11) is 2.61. The lowest BCUT2D eigenvalue weighted by molar-refractivity contribution is -0.143. The van der Waals surface area contributed by atoms with E-state index in [1.807, 2.05) is 0 Å². The lowest BCUT2D eigenvalue weighted by Crippen LogP contribution is -2.36. The van der Waals surface area contributed by atoms with E-state index in [1.165, 1.54) is 25.3 Å². The molecule has 0 aromatic heterocycles. The van der Waals surface area contributed by atoms with Gasteiger partial charge in [-0.05, 0) is 29.8 Å². The predicted octanol–water partition coefficient (Wildman–Crippen LogP) is 2.04. The fourth-order valence-corrected chi connectivity index (χ4v) is 2.98. The second-order valence-corrected chi connectivity index (χ2v) is 6.63. The van der Waals surface area contributed by atoms with Gasteiger partial charge in [-0.2, -0.15) is 0 Å². The molecule has 3 rings (SSSR count). The average molecular weight is 440 g/mol. The summed E-state index contributed by atoms with van der Waals surface area (Å²) in [5.41, 5.74) is 1.12. The third kappa shape index (κ3) is 4.86. The van der Waals surface area contributed by atoms with Crippen molar-refractivity contribution in [3.8, 4) is 11.5 Å². The minimum Gasteiger partial charge on any atom is -0.493 e. The summed E-state index contributed by atoms with van der Waals surface area (Å²) in [5, 5.41) is 11.6. The number of rotatable bonds is 8. The number of carbonyl (C=O) groups is 4. The molecule has 2 N–H and O–H groups in total. The molecule has 10 heteroatoms. The lowest BCUT2D eigenvalue weighted by atomic mass is 10.1. The number of aromatic carboxylic acids is 1. The van der Waals surface area contributed by atoms with Gasteiger partial charge in [0.1, 0.15) is 18.8 Å². The Morgan fingerprint density at radius 1 is 1.12 bits per heavy atom. The van der Waals surface area contributed by atoms with E-state index in [2.05, 4.69) is 10.1 Å². The molecule has 166 valence electrons. The fraction of sp³-hybridized carbons (Fsp3) is 0.182. The molecule has 1 heterocycles. The van der Waals surface area contributed by atoms with Crippen molar-refractivity contribution in [2.75, 3.05) is 20.8 Å². The molecule has 0 spiro atoms. The molecule has 0 radical (unpaired) electrons. The number of nitrogens with one attached hydrogen (secondary N) is 1. The number of imide groups is 1. The number of carbonyl (C=O) groups excluding carboxylic acids is 3. The van der Waals surface area contributed by atoms with E-state index in [0.717, 1.165) is 12.0 Å². The van der Waals surface area contributed by atoms with E-state index < -0.39 is 30.4 Å². The molecule has 0 saturated carbocycles. The standard InChI is InChI=1S/C22H20N2O8/c1-30-17-8-4-6-14(10-16-20(26)24(22(29)23-16)11-18(25)31-2)19(17)32-12-13-5-3-7-15(9-13)21(27)28/h3-10H,11-12H2,1-2H3,(H,23,29)(H,27,28). The van der Waals surface area contributed by atoms with Crippen molar-refractivity contribution in [1.29, 1.82) is 0 Å². The molecule has 1 aliphatic rings. The number of para-hydroxylation sites is 1. The Balaban J connectivity index is 1.88. The number of nitrogens with zero attached hydrogens (tertiary/aromatic N) is 1. The Hall–Kier alpha value is -4.34. The van der Waals surface area contributed by atoms with Gasteiger partial charge < -0.3 is 24.6 Å². The third-order valence-corrected chi connectivity index (χ3v) is 4.56. The van der Waals surface area contributed by atoms with Crippen molar-refractivity contribution in [2.24, 2.45) is 0 Å². The highest BCUT2D eigenvalue weighted by Crippen LogP contribution is 2.33. The Bertz CT molecular complexity index is 1110. The van der Waals surface area contributed by atoms with Gasteiger partial charge in [-0.15, -0.1) is 0 Å². The van der Waals surface area contributed by atoms with Gasteiger partial charge in [0.05, 0.1) is 19.8 Å². The molecule has 32 heavy (non-hydrogen) atoms. The summed E-state index contributed by atoms with van der Waals surface area (Å²) < 4.78 is 15.7. The van der Waals surface area contributed by atoms with E-state index >= 15 is 0 Å². The zero-order valence-electron chi connectivity index (χ0n) is 17.3. The molecular weight excluding hydrogens is 420 g/mol. The molecule has 2 aromatic rings. The molecule has 2 aromatic carbocycles. The van der Waals surface area contributed by atoms with Gasteiger partial charge >= 0.3 is 18.0 Å². The van der Waals surface area contributed by atoms with Gasteiger partial charge in [-0.1, -0.05) is 24.3 Å². The van der Waals surface area contributed by atoms with Crippen LogP contribution >= 0.6 is 0 Å². The minimum absolute atomic E-state index is 0.0342. The van der Waals surface area contributed by atoms with Crippen LogP contribution in [-0.2, 0) is 20.9 Å². The zero-order valence-corrected chi connectivity index (χ0v) is 17.3. The van der Waals surface area contributed by atoms with Crippen molar-refractivity contribution in [3.05, 3.63) is 64.9 Å². The van der Waals surface area contributed by atoms with Gasteiger partial charge in [-0.25, -0.2) is 14.5 Å². The number of hydrogen-bond donors (Lipinski definition) is 2. The first-order chi connectivity index (χ1) is 15.3. The Morgan fingerprint density at radius 2 is 1.88 bits per heavy atom. The fourth-order valence-electron chi connectivity index (χ4n) is 2.98. The second-order valence-electron chi connectivity index (χ2n) is 6.63. The first-order valence-corrected chi connectivity index (χ1v) is 9.37. The number of ether oxygens (including phenoxy) is 3. The summed E-state index contributed by atoms with van der Waals surface area (Å²) in [6, 6.07) is 10.5. The maximum absolute atomic E-state index is 12.6. The van der Waals surface area contributed by atoms with Crippen molar-refractivity contribution in [1.82, 2.24) is 10.2 Å². The Labute approximate surface area is 183 Å². The lowest BCUT2D eigenvalue weighted by Gasteiger charge is -2.14. The van der Waals surface area contributed by atoms with Gasteiger partial charge in [0.25, 0.3) is 5.91 Å². The zero-order chi connectivity index (χ0) is 23.3. The number of amides is 3. The van der Waals surface area contributed by atoms with Crippen molar-refractivity contribution < 1.29 is 38.5 Å². The molecule has 0 aliphatic carbocycles. The Morgan fingerprint density at radius 3 is 2.56 bits per heavy atom. The number of methoxy groups -OCH3 is 2. The van der Waals surface area contributed by atoms with Crippen LogP contribution in [-0.4, -0.2) is 54.6 Å². The van der Waals surface area contributed by atoms with E-state index in [0.29, 0.717) is 16.9 Å². The van der Waals surface area contributed by atoms with Gasteiger partial charge in [0, 0.05) is 5.56 Å². The molecule has 1 aliphatic heterocycles. The molecular formula is C22H20N2O8. The maximum atomic E-state index is 12.6. The summed E-state index contributed by atoms with van der Waals surface area (Å²) in [5.74, 6) is -1.82. The largest absolute Gasteiger partial charge is 0.493 e. The highest BCUT2D eigenvalue weighted by Gasteiger charge is 2.35. The molecule has 1 saturated heterocycles. The molecule has 1 fully saturated rings. The van der Waals surface area contributed by atoms with Crippen LogP contribution in [0.2, 0.25) is 0 Å². The van der Waals surface area contributed by atoms with Crippen LogP contribution < -0.4 is 14.8 Å². The molecule has 0 bridgehead atoms. The normalized spacial score (nSPS) is 14.3. The van der Waals surface area contributed by atoms with E-state index in [-0.39, 0.29) is 23.6 Å². The average Bonchev–Trinajstić information content (AvgIpc) is 3.05. The van der Waals surface area contributed by atoms with Crippen LogP contribution in [0.1, 0.15) is 21.5 Å². The molecule has 0 unspecified atom stereocenters. The second kappa shape index (κ2) is 9.65. The highest BCUT2D eigenvalue weighted by atomic mass is 16.5. The smallest absolute Gasteiger partial charge is 0.335 e. The SMILES string of the molecule is COC(=O)CN1C(=O)NC(=Cc2cccc(OC)c2OCc2cccc(C(=O)O)c2)C1=O. The van der Waals surface area contributed by atoms with Crippen LogP contribution in [0.25, 0.3) is 6.08 Å². The van der Waals surface area contributed by atoms with Gasteiger partial charge in [0.15, 0.2) is 11.5 Å². The number of urea groups is 1. The minimum atomic E-state index is -1.05. The predicted molar refractivity (Wildman–Crippen MR) is 111 cm³/mol. The molecule has 0 atom stereocenters. The number of hydrogen-bond acceptors (Lipinski definition) is 7. The third-order valence-electron chi connectivity index (χ3n) is 4.56. The Kier molecular flexibility index (Phi) is 6.74. The number of esters is 1. The van der Waals surface area contributed by atoms with Crippen LogP contribution in [0.3, 0.4) is 0 Å². The summed E-state index contributed by atoms with van der Waals surface area (Å²) >= 11 is 0. The first kappa shape index (κ1) is 22.3. The quantitative estimate of drug-likeness (QED) is 0.362. The van der Waals surface area contributed by atoms with Gasteiger partial charge in [0.2, 0.25) is 0 Å². The topological polar surface area (TPSA) is 131 Å². The molecule has 10 nitrogen and oxygen atoms in total. The van der Waals surface area contributed by atoms with Crippen LogP contribution in [0.5, 0.6) is 11.5 Å². The maximum Gasteiger partial charge on any atom is 0.335 e.